The van der Waals surface area contributed by atoms with Crippen LogP contribution in [0.3, 0.4) is 0 Å². The summed E-state index contributed by atoms with van der Waals surface area (Å²) in [4.78, 5) is 8.07. The van der Waals surface area contributed by atoms with E-state index in [4.69, 9.17) is 4.42 Å². The molecule has 0 spiro atoms. The van der Waals surface area contributed by atoms with Crippen LogP contribution in [0.1, 0.15) is 45.2 Å². The highest BCUT2D eigenvalue weighted by Gasteiger charge is 2.26. The maximum Gasteiger partial charge on any atom is 0.314 e. The van der Waals surface area contributed by atoms with Gasteiger partial charge in [0.15, 0.2) is 0 Å². The zero-order chi connectivity index (χ0) is 24.2. The topological polar surface area (TPSA) is 114 Å². The van der Waals surface area contributed by atoms with Crippen molar-refractivity contribution in [1.29, 1.82) is 0 Å². The number of nitrogens with one attached hydrogen (secondary N) is 1. The van der Waals surface area contributed by atoms with E-state index in [-0.39, 0.29) is 49.2 Å². The molecule has 0 aliphatic rings. The van der Waals surface area contributed by atoms with Gasteiger partial charge in [-0.25, -0.2) is 27.2 Å². The molecule has 2 aromatic heterocycles. The van der Waals surface area contributed by atoms with Crippen LogP contribution in [0.15, 0.2) is 35.0 Å². The smallest absolute Gasteiger partial charge is 0.314 e. The maximum atomic E-state index is 14.5. The van der Waals surface area contributed by atoms with Crippen LogP contribution in [-0.2, 0) is 10.0 Å². The van der Waals surface area contributed by atoms with E-state index >= 15 is 0 Å². The second-order valence-electron chi connectivity index (χ2n) is 6.76. The van der Waals surface area contributed by atoms with Gasteiger partial charge in [0.2, 0.25) is 16.0 Å². The second-order valence-corrected chi connectivity index (χ2v) is 9.01. The molecule has 2 heterocycles. The van der Waals surface area contributed by atoms with Gasteiger partial charge in [0.25, 0.3) is 11.8 Å². The van der Waals surface area contributed by atoms with Crippen molar-refractivity contribution in [2.75, 3.05) is 24.2 Å². The molecule has 0 saturated carbocycles. The third-order valence-electron chi connectivity index (χ3n) is 4.66. The Bertz CT molecular complexity index is 1190. The van der Waals surface area contributed by atoms with Gasteiger partial charge in [-0.15, -0.1) is 10.2 Å². The van der Waals surface area contributed by atoms with Crippen molar-refractivity contribution in [2.24, 2.45) is 0 Å². The Labute approximate surface area is 194 Å². The first-order valence-electron chi connectivity index (χ1n) is 9.77. The number of benzene rings is 1. The first-order valence-corrected chi connectivity index (χ1v) is 11.4. The molecule has 0 aliphatic heterocycles. The van der Waals surface area contributed by atoms with E-state index in [1.54, 1.807) is 6.92 Å². The van der Waals surface area contributed by atoms with Gasteiger partial charge in [0.1, 0.15) is 11.6 Å². The number of rotatable bonds is 10. The summed E-state index contributed by atoms with van der Waals surface area (Å²) in [7, 11) is -3.61. The van der Waals surface area contributed by atoms with Gasteiger partial charge in [-0.1, -0.05) is 20.4 Å². The van der Waals surface area contributed by atoms with Crippen molar-refractivity contribution in [3.63, 3.8) is 0 Å². The van der Waals surface area contributed by atoms with Crippen molar-refractivity contribution < 1.29 is 30.4 Å². The molecular weight excluding hydrogens is 480 g/mol. The van der Waals surface area contributed by atoms with Gasteiger partial charge in [-0.2, -0.15) is 13.1 Å². The minimum absolute atomic E-state index is 0. The summed E-state index contributed by atoms with van der Waals surface area (Å²) < 4.78 is 83.9. The summed E-state index contributed by atoms with van der Waals surface area (Å²) in [6, 6.07) is 1.98. The lowest BCUT2D eigenvalue weighted by Gasteiger charge is -2.27. The Morgan fingerprint density at radius 3 is 2.32 bits per heavy atom. The maximum absolute atomic E-state index is 14.5. The molecule has 0 saturated heterocycles. The molecule has 1 aromatic carbocycles. The Hall–Kier alpha value is -3.13. The summed E-state index contributed by atoms with van der Waals surface area (Å²) in [6.45, 7) is 3.06. The van der Waals surface area contributed by atoms with Crippen LogP contribution in [0, 0.1) is 11.6 Å². The fourth-order valence-electron chi connectivity index (χ4n) is 2.94. The van der Waals surface area contributed by atoms with Gasteiger partial charge in [-0.3, -0.25) is 0 Å². The van der Waals surface area contributed by atoms with E-state index in [0.29, 0.717) is 6.07 Å². The van der Waals surface area contributed by atoms with Gasteiger partial charge in [0.05, 0.1) is 17.4 Å². The Morgan fingerprint density at radius 2 is 1.79 bits per heavy atom. The molecule has 0 amide bonds. The molecule has 34 heavy (non-hydrogen) atoms. The Kier molecular flexibility index (Phi) is 9.04. The van der Waals surface area contributed by atoms with Gasteiger partial charge in [-0.05, 0) is 13.0 Å². The van der Waals surface area contributed by atoms with Crippen molar-refractivity contribution in [3.05, 3.63) is 53.7 Å². The average Bonchev–Trinajstić information content (AvgIpc) is 3.28. The van der Waals surface area contributed by atoms with Crippen LogP contribution >= 0.6 is 0 Å². The predicted molar refractivity (Wildman–Crippen MR) is 116 cm³/mol. The van der Waals surface area contributed by atoms with Crippen LogP contribution < -0.4 is 5.32 Å². The molecule has 14 heteroatoms. The molecular formula is C20H24F4N6O3S. The molecule has 0 radical (unpaired) electrons. The highest BCUT2D eigenvalue weighted by atomic mass is 32.2. The minimum Gasteiger partial charge on any atom is -0.415 e. The molecule has 1 unspecified atom stereocenters. The number of nitrogens with zero attached hydrogens (tertiary/aromatic N) is 5. The van der Waals surface area contributed by atoms with E-state index < -0.39 is 40.0 Å². The molecule has 0 fully saturated rings. The summed E-state index contributed by atoms with van der Waals surface area (Å²) in [5.74, 6) is -2.91. The van der Waals surface area contributed by atoms with Crippen molar-refractivity contribution in [3.8, 4) is 11.5 Å². The lowest BCUT2D eigenvalue weighted by molar-refractivity contribution is 0.116. The van der Waals surface area contributed by atoms with Crippen LogP contribution in [-0.4, -0.2) is 51.7 Å². The van der Waals surface area contributed by atoms with Crippen molar-refractivity contribution in [2.45, 2.75) is 33.7 Å². The lowest BCUT2D eigenvalue weighted by atomic mass is 10.1. The molecule has 3 aromatic rings. The first kappa shape index (κ1) is 27.1. The number of sulfonamides is 1. The zero-order valence-electron chi connectivity index (χ0n) is 17.5. The quantitative estimate of drug-likeness (QED) is 0.409. The molecule has 9 nitrogen and oxygen atoms in total. The number of hydrogen-bond acceptors (Lipinski definition) is 8. The third-order valence-corrected chi connectivity index (χ3v) is 6.59. The summed E-state index contributed by atoms with van der Waals surface area (Å²) in [5, 5.41) is 9.56. The summed E-state index contributed by atoms with van der Waals surface area (Å²) >= 11 is 0. The molecule has 3 rings (SSSR count). The number of aromatic nitrogens is 4. The van der Waals surface area contributed by atoms with Gasteiger partial charge in [0, 0.05) is 37.1 Å². The Balaban J connectivity index is 0.00000408. The molecule has 1 atom stereocenters. The number of alkyl halides is 2. The number of halogens is 4. The average molecular weight is 505 g/mol. The Morgan fingerprint density at radius 1 is 1.12 bits per heavy atom. The van der Waals surface area contributed by atoms with E-state index in [9.17, 15) is 26.0 Å². The van der Waals surface area contributed by atoms with E-state index in [1.807, 2.05) is 0 Å². The van der Waals surface area contributed by atoms with Crippen LogP contribution in [0.2, 0.25) is 0 Å². The summed E-state index contributed by atoms with van der Waals surface area (Å²) in [6.07, 6.45) is -0.493. The van der Waals surface area contributed by atoms with Gasteiger partial charge >= 0.3 is 6.43 Å². The SMILES string of the molecule is C.CCN(CC(Nc1ncc(-c2nnc(C(F)F)o2)cn1)c1ccc(F)cc1F)S(=O)(=O)CC. The minimum atomic E-state index is -3.61. The van der Waals surface area contributed by atoms with Crippen LogP contribution in [0.4, 0.5) is 23.5 Å². The summed E-state index contributed by atoms with van der Waals surface area (Å²) in [5.41, 5.74) is 0.167. The number of likely N-dealkylation sites (N-methyl/N-ethyl adjacent to an activating group) is 1. The predicted octanol–water partition coefficient (Wildman–Crippen LogP) is 4.20. The lowest BCUT2D eigenvalue weighted by Crippen LogP contribution is -2.38. The highest BCUT2D eigenvalue weighted by Crippen LogP contribution is 2.25. The largest absolute Gasteiger partial charge is 0.415 e. The van der Waals surface area contributed by atoms with Crippen LogP contribution in [0.5, 0.6) is 0 Å². The fourth-order valence-corrected chi connectivity index (χ4v) is 4.07. The van der Waals surface area contributed by atoms with E-state index in [2.05, 4.69) is 25.5 Å². The second kappa shape index (κ2) is 11.3. The van der Waals surface area contributed by atoms with Crippen molar-refractivity contribution >= 4 is 16.0 Å². The fraction of sp³-hybridized carbons (Fsp3) is 0.400. The first-order chi connectivity index (χ1) is 15.6. The normalized spacial score (nSPS) is 12.6. The zero-order valence-corrected chi connectivity index (χ0v) is 18.4. The van der Waals surface area contributed by atoms with Gasteiger partial charge < -0.3 is 9.73 Å². The van der Waals surface area contributed by atoms with E-state index in [1.165, 1.54) is 25.4 Å². The van der Waals surface area contributed by atoms with E-state index in [0.717, 1.165) is 10.4 Å². The highest BCUT2D eigenvalue weighted by molar-refractivity contribution is 7.89. The third kappa shape index (κ3) is 6.26. The molecule has 1 N–H and O–H groups in total. The molecule has 0 bridgehead atoms. The van der Waals surface area contributed by atoms with Crippen LogP contribution in [0.25, 0.3) is 11.5 Å². The van der Waals surface area contributed by atoms with Crippen molar-refractivity contribution in [1.82, 2.24) is 24.5 Å². The molecule has 0 aliphatic carbocycles. The molecule has 186 valence electrons. The number of anilines is 1. The number of hydrogen-bond donors (Lipinski definition) is 1. The monoisotopic (exact) mass is 504 g/mol. The standard InChI is InChI=1S/C19H20F4N6O3S.CH4/c1-3-29(33(30,31)4-2)10-15(13-6-5-12(20)7-14(13)21)26-19-24-8-11(9-25-19)17-27-28-18(32-17)16(22)23;/h5-9,15-16H,3-4,10H2,1-2H3,(H,24,25,26);1H4.